The van der Waals surface area contributed by atoms with Crippen LogP contribution in [0.4, 0.5) is 0 Å². The van der Waals surface area contributed by atoms with Gasteiger partial charge in [0.05, 0.1) is 6.61 Å². The van der Waals surface area contributed by atoms with Crippen molar-refractivity contribution < 1.29 is 9.47 Å². The topological polar surface area (TPSA) is 21.7 Å². The van der Waals surface area contributed by atoms with E-state index in [2.05, 4.69) is 11.8 Å². The van der Waals surface area contributed by atoms with Gasteiger partial charge in [-0.15, -0.1) is 11.6 Å². The van der Waals surface area contributed by atoms with Gasteiger partial charge in [-0.1, -0.05) is 0 Å². The molecule has 1 fully saturated rings. The summed E-state index contributed by atoms with van der Waals surface area (Å²) in [6, 6.07) is 0. The third-order valence-electron chi connectivity index (χ3n) is 3.47. The Balaban J connectivity index is 1.95. The highest BCUT2D eigenvalue weighted by Gasteiger charge is 2.22. The standard InChI is InChI=1S/C13H26ClNO2/c1-12(14)13-4-6-15(7-5-13)8-11-17-10-3-9-16-2/h12-13H,3-11H2,1-2H3. The number of hydrogen-bond acceptors (Lipinski definition) is 3. The van der Waals surface area contributed by atoms with Gasteiger partial charge in [0.1, 0.15) is 0 Å². The Morgan fingerprint density at radius 2 is 1.94 bits per heavy atom. The predicted octanol–water partition coefficient (Wildman–Crippen LogP) is 2.38. The molecule has 0 radical (unpaired) electrons. The van der Waals surface area contributed by atoms with Crippen LogP contribution in [0.1, 0.15) is 26.2 Å². The smallest absolute Gasteiger partial charge is 0.0593 e. The van der Waals surface area contributed by atoms with Crippen LogP contribution >= 0.6 is 11.6 Å². The summed E-state index contributed by atoms with van der Waals surface area (Å²) >= 11 is 6.12. The van der Waals surface area contributed by atoms with Crippen molar-refractivity contribution in [1.29, 1.82) is 0 Å². The lowest BCUT2D eigenvalue weighted by Crippen LogP contribution is -2.37. The Bertz CT molecular complexity index is 182. The molecule has 0 aromatic heterocycles. The molecule has 17 heavy (non-hydrogen) atoms. The number of ether oxygens (including phenoxy) is 2. The minimum atomic E-state index is 0.322. The average Bonchev–Trinajstić information content (AvgIpc) is 2.34. The zero-order valence-electron chi connectivity index (χ0n) is 11.2. The van der Waals surface area contributed by atoms with Crippen molar-refractivity contribution >= 4 is 11.6 Å². The summed E-state index contributed by atoms with van der Waals surface area (Å²) in [6.07, 6.45) is 3.45. The van der Waals surface area contributed by atoms with Crippen LogP contribution in [0.25, 0.3) is 0 Å². The normalized spacial score (nSPS) is 20.6. The highest BCUT2D eigenvalue weighted by molar-refractivity contribution is 6.20. The van der Waals surface area contributed by atoms with Gasteiger partial charge in [0.2, 0.25) is 0 Å². The van der Waals surface area contributed by atoms with Crippen molar-refractivity contribution in [2.75, 3.05) is 46.6 Å². The maximum Gasteiger partial charge on any atom is 0.0593 e. The van der Waals surface area contributed by atoms with E-state index in [0.717, 1.165) is 32.8 Å². The summed E-state index contributed by atoms with van der Waals surface area (Å²) in [5.74, 6) is 0.704. The quantitative estimate of drug-likeness (QED) is 0.496. The fraction of sp³-hybridized carbons (Fsp3) is 1.00. The molecule has 4 heteroatoms. The molecule has 1 heterocycles. The van der Waals surface area contributed by atoms with Crippen molar-refractivity contribution in [1.82, 2.24) is 4.90 Å². The number of halogens is 1. The van der Waals surface area contributed by atoms with Gasteiger partial charge in [0.15, 0.2) is 0 Å². The molecule has 0 amide bonds. The first-order valence-corrected chi connectivity index (χ1v) is 7.10. The van der Waals surface area contributed by atoms with Gasteiger partial charge in [-0.2, -0.15) is 0 Å². The highest BCUT2D eigenvalue weighted by atomic mass is 35.5. The van der Waals surface area contributed by atoms with Crippen LogP contribution in [0.2, 0.25) is 0 Å². The Morgan fingerprint density at radius 3 is 2.53 bits per heavy atom. The molecular formula is C13H26ClNO2. The van der Waals surface area contributed by atoms with E-state index in [0.29, 0.717) is 11.3 Å². The van der Waals surface area contributed by atoms with Gasteiger partial charge in [0.25, 0.3) is 0 Å². The van der Waals surface area contributed by atoms with Gasteiger partial charge in [-0.05, 0) is 45.2 Å². The summed E-state index contributed by atoms with van der Waals surface area (Å²) in [5.41, 5.74) is 0. The number of rotatable bonds is 8. The van der Waals surface area contributed by atoms with E-state index in [-0.39, 0.29) is 0 Å². The first kappa shape index (κ1) is 15.2. The first-order chi connectivity index (χ1) is 8.24. The second-order valence-corrected chi connectivity index (χ2v) is 5.50. The van der Waals surface area contributed by atoms with Crippen LogP contribution in [-0.2, 0) is 9.47 Å². The number of hydrogen-bond donors (Lipinski definition) is 0. The Labute approximate surface area is 110 Å². The molecule has 0 aromatic rings. The molecule has 0 N–H and O–H groups in total. The van der Waals surface area contributed by atoms with Crippen molar-refractivity contribution in [2.45, 2.75) is 31.6 Å². The summed E-state index contributed by atoms with van der Waals surface area (Å²) < 4.78 is 10.5. The molecule has 0 saturated carbocycles. The molecule has 1 atom stereocenters. The van der Waals surface area contributed by atoms with E-state index >= 15 is 0 Å². The Hall–Kier alpha value is 0.170. The third kappa shape index (κ3) is 6.61. The monoisotopic (exact) mass is 263 g/mol. The number of piperidine rings is 1. The maximum atomic E-state index is 6.12. The molecule has 102 valence electrons. The SMILES string of the molecule is COCCCOCCN1CCC(C(C)Cl)CC1. The van der Waals surface area contributed by atoms with Crippen molar-refractivity contribution in [3.8, 4) is 0 Å². The van der Waals surface area contributed by atoms with E-state index in [4.69, 9.17) is 21.1 Å². The van der Waals surface area contributed by atoms with Gasteiger partial charge in [-0.3, -0.25) is 0 Å². The predicted molar refractivity (Wildman–Crippen MR) is 71.8 cm³/mol. The Kier molecular flexibility index (Phi) is 8.19. The molecule has 1 unspecified atom stereocenters. The van der Waals surface area contributed by atoms with Crippen molar-refractivity contribution in [3.05, 3.63) is 0 Å². The molecule has 1 rings (SSSR count). The van der Waals surface area contributed by atoms with Crippen molar-refractivity contribution in [2.24, 2.45) is 5.92 Å². The molecule has 1 aliphatic rings. The minimum absolute atomic E-state index is 0.322. The molecule has 3 nitrogen and oxygen atoms in total. The lowest BCUT2D eigenvalue weighted by molar-refractivity contribution is 0.0738. The van der Waals surface area contributed by atoms with Crippen LogP contribution < -0.4 is 0 Å². The van der Waals surface area contributed by atoms with E-state index in [9.17, 15) is 0 Å². The number of nitrogens with zero attached hydrogens (tertiary/aromatic N) is 1. The maximum absolute atomic E-state index is 6.12. The van der Waals surface area contributed by atoms with Gasteiger partial charge < -0.3 is 14.4 Å². The fourth-order valence-electron chi connectivity index (χ4n) is 2.24. The molecule has 0 bridgehead atoms. The zero-order chi connectivity index (χ0) is 12.5. The molecule has 0 aliphatic carbocycles. The van der Waals surface area contributed by atoms with Crippen LogP contribution in [0.15, 0.2) is 0 Å². The van der Waals surface area contributed by atoms with E-state index in [1.807, 2.05) is 0 Å². The number of likely N-dealkylation sites (tertiary alicyclic amines) is 1. The third-order valence-corrected chi connectivity index (χ3v) is 3.83. The largest absolute Gasteiger partial charge is 0.385 e. The molecule has 1 saturated heterocycles. The molecule has 0 aromatic carbocycles. The number of alkyl halides is 1. The Morgan fingerprint density at radius 1 is 1.24 bits per heavy atom. The second kappa shape index (κ2) is 9.15. The van der Waals surface area contributed by atoms with Crippen LogP contribution in [-0.4, -0.2) is 56.8 Å². The zero-order valence-corrected chi connectivity index (χ0v) is 11.9. The van der Waals surface area contributed by atoms with Crippen LogP contribution in [0.5, 0.6) is 0 Å². The fourth-order valence-corrected chi connectivity index (χ4v) is 2.49. The van der Waals surface area contributed by atoms with E-state index in [1.54, 1.807) is 7.11 Å². The molecule has 1 aliphatic heterocycles. The lowest BCUT2D eigenvalue weighted by atomic mass is 9.94. The van der Waals surface area contributed by atoms with Gasteiger partial charge in [0, 0.05) is 32.2 Å². The highest BCUT2D eigenvalue weighted by Crippen LogP contribution is 2.23. The summed E-state index contributed by atoms with van der Waals surface area (Å²) in [7, 11) is 1.72. The molecule has 0 spiro atoms. The van der Waals surface area contributed by atoms with Gasteiger partial charge in [-0.25, -0.2) is 0 Å². The lowest BCUT2D eigenvalue weighted by Gasteiger charge is -2.32. The second-order valence-electron chi connectivity index (χ2n) is 4.82. The summed E-state index contributed by atoms with van der Waals surface area (Å²) in [4.78, 5) is 2.48. The number of methoxy groups -OCH3 is 1. The molecular weight excluding hydrogens is 238 g/mol. The van der Waals surface area contributed by atoms with E-state index in [1.165, 1.54) is 25.9 Å². The van der Waals surface area contributed by atoms with Gasteiger partial charge >= 0.3 is 0 Å². The van der Waals surface area contributed by atoms with Crippen LogP contribution in [0.3, 0.4) is 0 Å². The average molecular weight is 264 g/mol. The summed E-state index contributed by atoms with van der Waals surface area (Å²) in [6.45, 7) is 7.94. The van der Waals surface area contributed by atoms with Crippen molar-refractivity contribution in [3.63, 3.8) is 0 Å². The van der Waals surface area contributed by atoms with E-state index < -0.39 is 0 Å². The summed E-state index contributed by atoms with van der Waals surface area (Å²) in [5, 5.41) is 0.322. The minimum Gasteiger partial charge on any atom is -0.385 e. The first-order valence-electron chi connectivity index (χ1n) is 6.67. The van der Waals surface area contributed by atoms with Crippen LogP contribution in [0, 0.1) is 5.92 Å².